The number of likely N-dealkylation sites (tertiary alicyclic amines) is 1. The summed E-state index contributed by atoms with van der Waals surface area (Å²) in [6, 6.07) is 9.46. The van der Waals surface area contributed by atoms with Gasteiger partial charge in [-0.25, -0.2) is 4.98 Å². The zero-order valence-electron chi connectivity index (χ0n) is 14.0. The lowest BCUT2D eigenvalue weighted by atomic mass is 10.2. The maximum Gasteiger partial charge on any atom is 0.244 e. The van der Waals surface area contributed by atoms with E-state index in [0.717, 1.165) is 6.42 Å². The molecule has 2 amide bonds. The van der Waals surface area contributed by atoms with Crippen LogP contribution in [0.2, 0.25) is 5.02 Å². The summed E-state index contributed by atoms with van der Waals surface area (Å²) in [6.07, 6.45) is 2.83. The minimum atomic E-state index is -0.802. The van der Waals surface area contributed by atoms with Crippen molar-refractivity contribution in [1.82, 2.24) is 9.88 Å². The van der Waals surface area contributed by atoms with Crippen molar-refractivity contribution >= 4 is 29.2 Å². The van der Waals surface area contributed by atoms with Crippen LogP contribution in [-0.4, -0.2) is 40.8 Å². The van der Waals surface area contributed by atoms with Gasteiger partial charge in [0.15, 0.2) is 0 Å². The second-order valence-electron chi connectivity index (χ2n) is 5.97. The quantitative estimate of drug-likeness (QED) is 0.809. The average molecular weight is 375 g/mol. The molecule has 1 atom stereocenters. The Kier molecular flexibility index (Phi) is 5.70. The number of hydrogen-bond donors (Lipinski definition) is 2. The highest BCUT2D eigenvalue weighted by atomic mass is 35.5. The van der Waals surface area contributed by atoms with Gasteiger partial charge in [-0.3, -0.25) is 9.59 Å². The molecule has 7 nitrogen and oxygen atoms in total. The molecule has 2 heterocycles. The fourth-order valence-corrected chi connectivity index (χ4v) is 2.72. The van der Waals surface area contributed by atoms with Crippen molar-refractivity contribution in [2.24, 2.45) is 5.73 Å². The lowest BCUT2D eigenvalue weighted by Crippen LogP contribution is -2.45. The molecule has 1 aromatic heterocycles. The average Bonchev–Trinajstić information content (AvgIpc) is 3.03. The molecule has 1 aromatic carbocycles. The number of benzene rings is 1. The van der Waals surface area contributed by atoms with Gasteiger partial charge in [-0.2, -0.15) is 0 Å². The minimum absolute atomic E-state index is 0.0371. The number of nitrogens with two attached hydrogens (primary N) is 1. The van der Waals surface area contributed by atoms with Crippen molar-refractivity contribution in [3.05, 3.63) is 47.6 Å². The lowest BCUT2D eigenvalue weighted by Gasteiger charge is -2.20. The second-order valence-corrected chi connectivity index (χ2v) is 6.41. The van der Waals surface area contributed by atoms with Gasteiger partial charge in [0.25, 0.3) is 0 Å². The largest absolute Gasteiger partial charge is 0.456 e. The van der Waals surface area contributed by atoms with Crippen LogP contribution in [0, 0.1) is 0 Å². The summed E-state index contributed by atoms with van der Waals surface area (Å²) in [4.78, 5) is 29.5. The number of rotatable bonds is 6. The first kappa shape index (κ1) is 18.2. The molecule has 0 unspecified atom stereocenters. The third-order valence-electron chi connectivity index (χ3n) is 3.96. The fourth-order valence-electron chi connectivity index (χ4n) is 2.59. The van der Waals surface area contributed by atoms with E-state index < -0.39 is 6.04 Å². The minimum Gasteiger partial charge on any atom is -0.456 e. The van der Waals surface area contributed by atoms with Gasteiger partial charge < -0.3 is 20.7 Å². The van der Waals surface area contributed by atoms with Crippen LogP contribution in [0.4, 0.5) is 5.82 Å². The molecule has 0 aliphatic carbocycles. The third-order valence-corrected chi connectivity index (χ3v) is 4.21. The van der Waals surface area contributed by atoms with Crippen LogP contribution in [-0.2, 0) is 9.59 Å². The first-order valence-corrected chi connectivity index (χ1v) is 8.63. The van der Waals surface area contributed by atoms with Gasteiger partial charge in [0.1, 0.15) is 23.4 Å². The predicted molar refractivity (Wildman–Crippen MR) is 98.2 cm³/mol. The van der Waals surface area contributed by atoms with Gasteiger partial charge in [0.2, 0.25) is 11.8 Å². The van der Waals surface area contributed by atoms with Crippen LogP contribution in [0.15, 0.2) is 42.6 Å². The summed E-state index contributed by atoms with van der Waals surface area (Å²) >= 11 is 5.83. The molecule has 0 saturated carbocycles. The number of anilines is 1. The topological polar surface area (TPSA) is 97.5 Å². The number of nitrogens with one attached hydrogen (secondary N) is 1. The number of carbonyl (C=O) groups excluding carboxylic acids is 2. The highest BCUT2D eigenvalue weighted by Crippen LogP contribution is 2.23. The van der Waals surface area contributed by atoms with Crippen LogP contribution in [0.5, 0.6) is 11.5 Å². The highest BCUT2D eigenvalue weighted by molar-refractivity contribution is 6.30. The maximum atomic E-state index is 12.2. The summed E-state index contributed by atoms with van der Waals surface area (Å²) in [5, 5.41) is 3.27. The molecule has 0 bridgehead atoms. The van der Waals surface area contributed by atoms with E-state index in [0.29, 0.717) is 35.3 Å². The Hall–Kier alpha value is -2.64. The first-order valence-electron chi connectivity index (χ1n) is 8.25. The van der Waals surface area contributed by atoms with Crippen molar-refractivity contribution in [3.8, 4) is 11.5 Å². The van der Waals surface area contributed by atoms with E-state index in [1.807, 2.05) is 0 Å². The Bertz CT molecular complexity index is 780. The monoisotopic (exact) mass is 374 g/mol. The molecule has 1 saturated heterocycles. The van der Waals surface area contributed by atoms with E-state index in [9.17, 15) is 9.59 Å². The van der Waals surface area contributed by atoms with E-state index in [2.05, 4.69) is 10.3 Å². The molecular weight excluding hydrogens is 356 g/mol. The molecule has 136 valence electrons. The molecule has 1 aliphatic rings. The molecule has 2 aromatic rings. The van der Waals surface area contributed by atoms with Crippen molar-refractivity contribution in [3.63, 3.8) is 0 Å². The Morgan fingerprint density at radius 3 is 2.62 bits per heavy atom. The van der Waals surface area contributed by atoms with E-state index >= 15 is 0 Å². The first-order chi connectivity index (χ1) is 12.5. The van der Waals surface area contributed by atoms with E-state index in [4.69, 9.17) is 22.1 Å². The van der Waals surface area contributed by atoms with Crippen molar-refractivity contribution in [2.45, 2.75) is 18.9 Å². The van der Waals surface area contributed by atoms with Gasteiger partial charge in [0.05, 0.1) is 6.20 Å². The van der Waals surface area contributed by atoms with Crippen molar-refractivity contribution in [2.75, 3.05) is 18.4 Å². The van der Waals surface area contributed by atoms with Gasteiger partial charge >= 0.3 is 0 Å². The Balaban J connectivity index is 1.53. The predicted octanol–water partition coefficient (Wildman–Crippen LogP) is 2.42. The van der Waals surface area contributed by atoms with Crippen LogP contribution in [0.1, 0.15) is 12.8 Å². The fraction of sp³-hybridized carbons (Fsp3) is 0.278. The summed E-state index contributed by atoms with van der Waals surface area (Å²) in [5.74, 6) is 1.17. The zero-order valence-corrected chi connectivity index (χ0v) is 14.8. The number of hydrogen-bond acceptors (Lipinski definition) is 5. The molecule has 1 aliphatic heterocycles. The molecule has 3 N–H and O–H groups in total. The highest BCUT2D eigenvalue weighted by Gasteiger charge is 2.25. The van der Waals surface area contributed by atoms with E-state index in [1.54, 1.807) is 41.3 Å². The number of nitrogens with zero attached hydrogens (tertiary/aromatic N) is 2. The smallest absolute Gasteiger partial charge is 0.244 e. The summed E-state index contributed by atoms with van der Waals surface area (Å²) in [7, 11) is 0. The van der Waals surface area contributed by atoms with Gasteiger partial charge in [0, 0.05) is 24.5 Å². The molecule has 0 radical (unpaired) electrons. The lowest BCUT2D eigenvalue weighted by molar-refractivity contribution is -0.128. The normalized spacial score (nSPS) is 15.0. The molecule has 8 heteroatoms. The second kappa shape index (κ2) is 8.16. The number of aromatic nitrogens is 1. The molecular formula is C18H19ClN4O3. The Morgan fingerprint density at radius 1 is 1.27 bits per heavy atom. The van der Waals surface area contributed by atoms with Crippen molar-refractivity contribution in [1.29, 1.82) is 0 Å². The number of amides is 2. The number of pyridine rings is 1. The van der Waals surface area contributed by atoms with Crippen LogP contribution in [0.3, 0.4) is 0 Å². The van der Waals surface area contributed by atoms with Gasteiger partial charge in [-0.15, -0.1) is 0 Å². The molecule has 26 heavy (non-hydrogen) atoms. The molecule has 3 rings (SSSR count). The zero-order chi connectivity index (χ0) is 18.5. The molecule has 0 spiro atoms. The Morgan fingerprint density at radius 2 is 2.00 bits per heavy atom. The SMILES string of the molecule is N[C@@H](CN1CCCC1=O)C(=O)Nc1ccc(Oc2ccc(Cl)cc2)cn1. The summed E-state index contributed by atoms with van der Waals surface area (Å²) < 4.78 is 5.64. The Labute approximate surface area is 156 Å². The van der Waals surface area contributed by atoms with Crippen LogP contribution >= 0.6 is 11.6 Å². The van der Waals surface area contributed by atoms with Gasteiger partial charge in [-0.05, 0) is 42.8 Å². The standard InChI is InChI=1S/C18H19ClN4O3/c19-12-3-5-13(6-4-12)26-14-7-8-16(21-10-14)22-18(25)15(20)11-23-9-1-2-17(23)24/h3-8,10,15H,1-2,9,11,20H2,(H,21,22,25)/t15-/m0/s1. The van der Waals surface area contributed by atoms with E-state index in [-0.39, 0.29) is 18.4 Å². The third kappa shape index (κ3) is 4.71. The molecule has 1 fully saturated rings. The number of carbonyl (C=O) groups is 2. The number of halogens is 1. The van der Waals surface area contributed by atoms with Crippen LogP contribution in [0.25, 0.3) is 0 Å². The summed E-state index contributed by atoms with van der Waals surface area (Å²) in [5.41, 5.74) is 5.88. The van der Waals surface area contributed by atoms with Crippen LogP contribution < -0.4 is 15.8 Å². The summed E-state index contributed by atoms with van der Waals surface area (Å²) in [6.45, 7) is 0.858. The van der Waals surface area contributed by atoms with Gasteiger partial charge in [-0.1, -0.05) is 11.6 Å². The van der Waals surface area contributed by atoms with E-state index in [1.165, 1.54) is 6.20 Å². The van der Waals surface area contributed by atoms with Crippen molar-refractivity contribution < 1.29 is 14.3 Å². The maximum absolute atomic E-state index is 12.2. The number of ether oxygens (including phenoxy) is 1.